The van der Waals surface area contributed by atoms with Crippen molar-refractivity contribution in [3.63, 3.8) is 0 Å². The minimum absolute atomic E-state index is 0.0137. The van der Waals surface area contributed by atoms with E-state index in [1.165, 1.54) is 17.8 Å². The van der Waals surface area contributed by atoms with Crippen molar-refractivity contribution in [2.75, 3.05) is 6.54 Å². The van der Waals surface area contributed by atoms with Crippen LogP contribution in [0.5, 0.6) is 0 Å². The van der Waals surface area contributed by atoms with Gasteiger partial charge >= 0.3 is 0 Å². The van der Waals surface area contributed by atoms with Crippen LogP contribution in [-0.4, -0.2) is 26.6 Å². The molecule has 0 bridgehead atoms. The SMILES string of the molecule is CCCN1C(=O)/C(=C/c2ccc(-c3ccc(C)cc3[N+](=O)[O-])o2)SC1=S. The number of hydrogen-bond acceptors (Lipinski definition) is 6. The van der Waals surface area contributed by atoms with E-state index in [1.54, 1.807) is 42.2 Å². The van der Waals surface area contributed by atoms with Gasteiger partial charge in [-0.1, -0.05) is 37.0 Å². The van der Waals surface area contributed by atoms with Crippen molar-refractivity contribution in [2.45, 2.75) is 20.3 Å². The third kappa shape index (κ3) is 3.56. The largest absolute Gasteiger partial charge is 0.456 e. The van der Waals surface area contributed by atoms with Crippen LogP contribution in [0.1, 0.15) is 24.7 Å². The lowest BCUT2D eigenvalue weighted by Gasteiger charge is -2.11. The molecule has 1 fully saturated rings. The minimum Gasteiger partial charge on any atom is -0.456 e. The topological polar surface area (TPSA) is 76.6 Å². The summed E-state index contributed by atoms with van der Waals surface area (Å²) in [4.78, 5) is 25.3. The molecule has 1 saturated heterocycles. The molecular weight excluding hydrogens is 372 g/mol. The number of hydrogen-bond donors (Lipinski definition) is 0. The van der Waals surface area contributed by atoms with Crippen molar-refractivity contribution >= 4 is 46.0 Å². The van der Waals surface area contributed by atoms with E-state index in [4.69, 9.17) is 16.6 Å². The van der Waals surface area contributed by atoms with Crippen molar-refractivity contribution in [3.8, 4) is 11.3 Å². The molecule has 1 amide bonds. The lowest BCUT2D eigenvalue weighted by atomic mass is 10.1. The number of amides is 1. The number of thioether (sulfide) groups is 1. The van der Waals surface area contributed by atoms with E-state index < -0.39 is 4.92 Å². The summed E-state index contributed by atoms with van der Waals surface area (Å²) in [5.41, 5.74) is 1.19. The molecule has 0 unspecified atom stereocenters. The molecule has 0 atom stereocenters. The van der Waals surface area contributed by atoms with E-state index in [1.807, 2.05) is 6.92 Å². The Hall–Kier alpha value is -2.45. The molecule has 2 heterocycles. The van der Waals surface area contributed by atoms with E-state index in [0.717, 1.165) is 12.0 Å². The molecule has 0 aliphatic carbocycles. The number of nitro benzene ring substituents is 1. The number of carbonyl (C=O) groups excluding carboxylic acids is 1. The average molecular weight is 388 g/mol. The zero-order valence-electron chi connectivity index (χ0n) is 14.2. The van der Waals surface area contributed by atoms with Gasteiger partial charge in [0, 0.05) is 18.7 Å². The Morgan fingerprint density at radius 1 is 1.35 bits per heavy atom. The van der Waals surface area contributed by atoms with Gasteiger partial charge in [0.25, 0.3) is 11.6 Å². The van der Waals surface area contributed by atoms with Crippen LogP contribution in [0.3, 0.4) is 0 Å². The first-order valence-corrected chi connectivity index (χ1v) is 9.23. The Balaban J connectivity index is 1.91. The zero-order valence-corrected chi connectivity index (χ0v) is 15.9. The van der Waals surface area contributed by atoms with Gasteiger partial charge in [0.1, 0.15) is 15.8 Å². The third-order valence-corrected chi connectivity index (χ3v) is 5.21. The molecule has 134 valence electrons. The zero-order chi connectivity index (χ0) is 18.8. The van der Waals surface area contributed by atoms with Crippen molar-refractivity contribution in [3.05, 3.63) is 56.7 Å². The van der Waals surface area contributed by atoms with Crippen molar-refractivity contribution < 1.29 is 14.1 Å². The predicted molar refractivity (Wildman–Crippen MR) is 106 cm³/mol. The van der Waals surface area contributed by atoms with Gasteiger partial charge in [0.15, 0.2) is 0 Å². The Labute approximate surface area is 160 Å². The van der Waals surface area contributed by atoms with Crippen LogP contribution in [0.2, 0.25) is 0 Å². The molecule has 0 N–H and O–H groups in total. The normalized spacial score (nSPS) is 15.9. The molecule has 3 rings (SSSR count). The number of furan rings is 1. The third-order valence-electron chi connectivity index (χ3n) is 3.84. The highest BCUT2D eigenvalue weighted by molar-refractivity contribution is 8.26. The maximum absolute atomic E-state index is 12.4. The fourth-order valence-corrected chi connectivity index (χ4v) is 3.91. The molecule has 0 spiro atoms. The first-order chi connectivity index (χ1) is 12.4. The standard InChI is InChI=1S/C18H16N2O4S2/c1-3-8-19-17(21)16(26-18(19)25)10-12-5-7-15(24-12)13-6-4-11(2)9-14(13)20(22)23/h4-7,9-10H,3,8H2,1-2H3/b16-10-. The number of benzene rings is 1. The molecule has 1 aromatic heterocycles. The molecule has 1 aliphatic heterocycles. The highest BCUT2D eigenvalue weighted by atomic mass is 32.2. The van der Waals surface area contributed by atoms with E-state index in [2.05, 4.69) is 0 Å². The summed E-state index contributed by atoms with van der Waals surface area (Å²) < 4.78 is 6.26. The monoisotopic (exact) mass is 388 g/mol. The minimum atomic E-state index is -0.430. The second-order valence-corrected chi connectivity index (χ2v) is 7.49. The maximum Gasteiger partial charge on any atom is 0.280 e. The molecule has 26 heavy (non-hydrogen) atoms. The maximum atomic E-state index is 12.4. The van der Waals surface area contributed by atoms with Gasteiger partial charge in [-0.05, 0) is 37.1 Å². The van der Waals surface area contributed by atoms with E-state index in [9.17, 15) is 14.9 Å². The molecule has 2 aromatic rings. The van der Waals surface area contributed by atoms with Crippen molar-refractivity contribution in [2.24, 2.45) is 0 Å². The van der Waals surface area contributed by atoms with Crippen LogP contribution < -0.4 is 0 Å². The number of nitrogens with zero attached hydrogens (tertiary/aromatic N) is 2. The van der Waals surface area contributed by atoms with Crippen LogP contribution in [0.4, 0.5) is 5.69 Å². The summed E-state index contributed by atoms with van der Waals surface area (Å²) in [6, 6.07) is 8.31. The first kappa shape index (κ1) is 18.3. The molecule has 8 heteroatoms. The van der Waals surface area contributed by atoms with Gasteiger partial charge < -0.3 is 4.42 Å². The van der Waals surface area contributed by atoms with Crippen LogP contribution in [0, 0.1) is 17.0 Å². The molecule has 1 aliphatic rings. The quantitative estimate of drug-likeness (QED) is 0.318. The van der Waals surface area contributed by atoms with Crippen LogP contribution >= 0.6 is 24.0 Å². The summed E-state index contributed by atoms with van der Waals surface area (Å²) in [6.07, 6.45) is 2.44. The van der Waals surface area contributed by atoms with E-state index in [0.29, 0.717) is 32.9 Å². The number of nitro groups is 1. The molecule has 1 aromatic carbocycles. The summed E-state index contributed by atoms with van der Waals surface area (Å²) >= 11 is 6.47. The Bertz CT molecular complexity index is 933. The van der Waals surface area contributed by atoms with Gasteiger partial charge in [0.2, 0.25) is 0 Å². The Kier molecular flexibility index (Phi) is 5.24. The molecule has 0 saturated carbocycles. The Morgan fingerprint density at radius 3 is 2.81 bits per heavy atom. The number of rotatable bonds is 5. The average Bonchev–Trinajstić information content (AvgIpc) is 3.15. The number of aryl methyl sites for hydroxylation is 1. The van der Waals surface area contributed by atoms with E-state index >= 15 is 0 Å². The van der Waals surface area contributed by atoms with Gasteiger partial charge in [-0.25, -0.2) is 0 Å². The predicted octanol–water partition coefficient (Wildman–Crippen LogP) is 4.77. The second-order valence-electron chi connectivity index (χ2n) is 5.81. The van der Waals surface area contributed by atoms with Gasteiger partial charge in [0.05, 0.1) is 15.4 Å². The Morgan fingerprint density at radius 2 is 2.12 bits per heavy atom. The van der Waals surface area contributed by atoms with Gasteiger partial charge in [-0.3, -0.25) is 19.8 Å². The summed E-state index contributed by atoms with van der Waals surface area (Å²) in [5, 5.41) is 11.3. The molecular formula is C18H16N2O4S2. The van der Waals surface area contributed by atoms with Crippen molar-refractivity contribution in [1.29, 1.82) is 0 Å². The summed E-state index contributed by atoms with van der Waals surface area (Å²) in [7, 11) is 0. The fourth-order valence-electron chi connectivity index (χ4n) is 2.62. The van der Waals surface area contributed by atoms with Crippen LogP contribution in [0.25, 0.3) is 17.4 Å². The first-order valence-electron chi connectivity index (χ1n) is 8.01. The van der Waals surface area contributed by atoms with Gasteiger partial charge in [-0.2, -0.15) is 0 Å². The molecule has 0 radical (unpaired) electrons. The highest BCUT2D eigenvalue weighted by Crippen LogP contribution is 2.35. The number of carbonyl (C=O) groups is 1. The van der Waals surface area contributed by atoms with Crippen molar-refractivity contribution in [1.82, 2.24) is 4.90 Å². The lowest BCUT2D eigenvalue weighted by Crippen LogP contribution is -2.28. The summed E-state index contributed by atoms with van der Waals surface area (Å²) in [6.45, 7) is 4.36. The molecule has 6 nitrogen and oxygen atoms in total. The second kappa shape index (κ2) is 7.43. The fraction of sp³-hybridized carbons (Fsp3) is 0.222. The van der Waals surface area contributed by atoms with Crippen LogP contribution in [0.15, 0.2) is 39.7 Å². The smallest absolute Gasteiger partial charge is 0.280 e. The van der Waals surface area contributed by atoms with Crippen LogP contribution in [-0.2, 0) is 4.79 Å². The van der Waals surface area contributed by atoms with E-state index in [-0.39, 0.29) is 11.6 Å². The highest BCUT2D eigenvalue weighted by Gasteiger charge is 2.31. The number of thiocarbonyl (C=S) groups is 1. The van der Waals surface area contributed by atoms with Gasteiger partial charge in [-0.15, -0.1) is 0 Å². The summed E-state index contributed by atoms with van der Waals surface area (Å²) in [5.74, 6) is 0.694. The lowest BCUT2D eigenvalue weighted by molar-refractivity contribution is -0.384.